The molecule has 1 amide bonds. The molecular weight excluding hydrogens is 340 g/mol. The summed E-state index contributed by atoms with van der Waals surface area (Å²) in [5.74, 6) is 1.35. The SMILES string of the molecule is COc1cc(NCC(=O)Nc2ccc(C(C)C)cc2)c(OC)cc1Cl. The number of halogens is 1. The van der Waals surface area contributed by atoms with Gasteiger partial charge in [0.25, 0.3) is 0 Å². The fourth-order valence-electron chi connectivity index (χ4n) is 2.33. The molecule has 0 aliphatic rings. The Bertz CT molecular complexity index is 730. The predicted octanol–water partition coefficient (Wildman–Crippen LogP) is 4.53. The molecule has 2 aromatic carbocycles. The van der Waals surface area contributed by atoms with Gasteiger partial charge in [-0.15, -0.1) is 0 Å². The zero-order valence-corrected chi connectivity index (χ0v) is 15.6. The summed E-state index contributed by atoms with van der Waals surface area (Å²) in [7, 11) is 3.07. The van der Waals surface area contributed by atoms with E-state index in [9.17, 15) is 4.79 Å². The topological polar surface area (TPSA) is 59.6 Å². The molecule has 0 aromatic heterocycles. The maximum absolute atomic E-state index is 12.2. The largest absolute Gasteiger partial charge is 0.495 e. The maximum Gasteiger partial charge on any atom is 0.243 e. The first-order valence-electron chi connectivity index (χ1n) is 7.99. The van der Waals surface area contributed by atoms with Crippen LogP contribution in [0.1, 0.15) is 25.3 Å². The summed E-state index contributed by atoms with van der Waals surface area (Å²) in [5.41, 5.74) is 2.63. The van der Waals surface area contributed by atoms with E-state index in [1.165, 1.54) is 12.7 Å². The molecule has 0 unspecified atom stereocenters. The van der Waals surface area contributed by atoms with Crippen LogP contribution in [0.2, 0.25) is 5.02 Å². The molecule has 0 spiro atoms. The normalized spacial score (nSPS) is 10.5. The molecule has 2 N–H and O–H groups in total. The van der Waals surface area contributed by atoms with E-state index < -0.39 is 0 Å². The molecule has 2 rings (SSSR count). The van der Waals surface area contributed by atoms with E-state index in [0.29, 0.717) is 28.1 Å². The lowest BCUT2D eigenvalue weighted by molar-refractivity contribution is -0.114. The highest BCUT2D eigenvalue weighted by molar-refractivity contribution is 6.32. The predicted molar refractivity (Wildman–Crippen MR) is 102 cm³/mol. The highest BCUT2D eigenvalue weighted by Crippen LogP contribution is 2.35. The van der Waals surface area contributed by atoms with Crippen LogP contribution in [-0.4, -0.2) is 26.7 Å². The van der Waals surface area contributed by atoms with Gasteiger partial charge in [0.1, 0.15) is 11.5 Å². The second-order valence-corrected chi connectivity index (χ2v) is 6.27. The first-order valence-corrected chi connectivity index (χ1v) is 8.37. The van der Waals surface area contributed by atoms with Crippen molar-refractivity contribution >= 4 is 28.9 Å². The van der Waals surface area contributed by atoms with Gasteiger partial charge >= 0.3 is 0 Å². The van der Waals surface area contributed by atoms with Gasteiger partial charge in [0.2, 0.25) is 5.91 Å². The summed E-state index contributed by atoms with van der Waals surface area (Å²) in [5, 5.41) is 6.34. The van der Waals surface area contributed by atoms with Crippen LogP contribution in [0.25, 0.3) is 0 Å². The lowest BCUT2D eigenvalue weighted by Gasteiger charge is -2.14. The number of rotatable bonds is 7. The number of hydrogen-bond acceptors (Lipinski definition) is 4. The van der Waals surface area contributed by atoms with Crippen LogP contribution < -0.4 is 20.1 Å². The molecule has 0 fully saturated rings. The lowest BCUT2D eigenvalue weighted by atomic mass is 10.0. The third-order valence-electron chi connectivity index (χ3n) is 3.77. The number of nitrogens with one attached hydrogen (secondary N) is 2. The van der Waals surface area contributed by atoms with Gasteiger partial charge in [-0.25, -0.2) is 0 Å². The Morgan fingerprint density at radius 3 is 2.28 bits per heavy atom. The summed E-state index contributed by atoms with van der Waals surface area (Å²) in [6.07, 6.45) is 0. The monoisotopic (exact) mass is 362 g/mol. The quantitative estimate of drug-likeness (QED) is 0.759. The van der Waals surface area contributed by atoms with Crippen LogP contribution in [-0.2, 0) is 4.79 Å². The van der Waals surface area contributed by atoms with Crippen molar-refractivity contribution in [3.05, 3.63) is 47.0 Å². The van der Waals surface area contributed by atoms with Gasteiger partial charge in [0.15, 0.2) is 0 Å². The average Bonchev–Trinajstić information content (AvgIpc) is 2.60. The Morgan fingerprint density at radius 1 is 1.08 bits per heavy atom. The van der Waals surface area contributed by atoms with Crippen molar-refractivity contribution in [2.75, 3.05) is 31.4 Å². The van der Waals surface area contributed by atoms with Gasteiger partial charge in [0.05, 0.1) is 31.5 Å². The molecule has 25 heavy (non-hydrogen) atoms. The average molecular weight is 363 g/mol. The molecule has 0 heterocycles. The van der Waals surface area contributed by atoms with Crippen LogP contribution in [0.15, 0.2) is 36.4 Å². The van der Waals surface area contributed by atoms with E-state index in [-0.39, 0.29) is 12.5 Å². The first-order chi connectivity index (χ1) is 11.9. The highest BCUT2D eigenvalue weighted by Gasteiger charge is 2.11. The molecule has 0 aliphatic carbocycles. The van der Waals surface area contributed by atoms with Gasteiger partial charge in [-0.1, -0.05) is 37.6 Å². The summed E-state index contributed by atoms with van der Waals surface area (Å²) >= 11 is 6.07. The van der Waals surface area contributed by atoms with Crippen molar-refractivity contribution in [1.82, 2.24) is 0 Å². The molecular formula is C19H23ClN2O3. The van der Waals surface area contributed by atoms with Gasteiger partial charge in [-0.2, -0.15) is 0 Å². The molecule has 6 heteroatoms. The Labute approximate surface area is 153 Å². The lowest BCUT2D eigenvalue weighted by Crippen LogP contribution is -2.22. The van der Waals surface area contributed by atoms with Crippen molar-refractivity contribution in [3.63, 3.8) is 0 Å². The second kappa shape index (κ2) is 8.62. The zero-order valence-electron chi connectivity index (χ0n) is 14.9. The Kier molecular flexibility index (Phi) is 6.53. The zero-order chi connectivity index (χ0) is 18.4. The van der Waals surface area contributed by atoms with Crippen molar-refractivity contribution in [1.29, 1.82) is 0 Å². The molecule has 0 atom stereocenters. The molecule has 0 saturated heterocycles. The van der Waals surface area contributed by atoms with Gasteiger partial charge in [0, 0.05) is 17.8 Å². The van der Waals surface area contributed by atoms with E-state index in [1.54, 1.807) is 19.2 Å². The van der Waals surface area contributed by atoms with Crippen molar-refractivity contribution in [3.8, 4) is 11.5 Å². The van der Waals surface area contributed by atoms with Crippen LogP contribution >= 0.6 is 11.6 Å². The molecule has 0 bridgehead atoms. The fourth-order valence-corrected chi connectivity index (χ4v) is 2.56. The standard InChI is InChI=1S/C19H23ClN2O3/c1-12(2)13-5-7-14(8-6-13)22-19(23)11-21-16-10-17(24-3)15(20)9-18(16)25-4/h5-10,12,21H,11H2,1-4H3,(H,22,23). The summed E-state index contributed by atoms with van der Waals surface area (Å²) < 4.78 is 10.5. The van der Waals surface area contributed by atoms with Crippen molar-refractivity contribution < 1.29 is 14.3 Å². The van der Waals surface area contributed by atoms with E-state index in [4.69, 9.17) is 21.1 Å². The summed E-state index contributed by atoms with van der Waals surface area (Å²) in [6, 6.07) is 11.2. The van der Waals surface area contributed by atoms with Gasteiger partial charge in [-0.3, -0.25) is 4.79 Å². The number of carbonyl (C=O) groups excluding carboxylic acids is 1. The second-order valence-electron chi connectivity index (χ2n) is 5.87. The summed E-state index contributed by atoms with van der Waals surface area (Å²) in [4.78, 5) is 12.2. The van der Waals surface area contributed by atoms with Crippen LogP contribution in [0, 0.1) is 0 Å². The molecule has 0 aliphatic heterocycles. The smallest absolute Gasteiger partial charge is 0.243 e. The molecule has 5 nitrogen and oxygen atoms in total. The van der Waals surface area contributed by atoms with Crippen LogP contribution in [0.4, 0.5) is 11.4 Å². The Hall–Kier alpha value is -2.40. The van der Waals surface area contributed by atoms with E-state index >= 15 is 0 Å². The number of amides is 1. The molecule has 0 saturated carbocycles. The minimum absolute atomic E-state index is 0.0904. The van der Waals surface area contributed by atoms with Crippen molar-refractivity contribution in [2.24, 2.45) is 0 Å². The van der Waals surface area contributed by atoms with E-state index in [0.717, 1.165) is 5.69 Å². The Morgan fingerprint density at radius 2 is 1.72 bits per heavy atom. The third kappa shape index (κ3) is 5.03. The number of hydrogen-bond donors (Lipinski definition) is 2. The van der Waals surface area contributed by atoms with E-state index in [1.807, 2.05) is 24.3 Å². The number of benzene rings is 2. The van der Waals surface area contributed by atoms with Gasteiger partial charge in [-0.05, 0) is 23.6 Å². The fraction of sp³-hybridized carbons (Fsp3) is 0.316. The maximum atomic E-state index is 12.2. The molecule has 0 radical (unpaired) electrons. The van der Waals surface area contributed by atoms with Gasteiger partial charge < -0.3 is 20.1 Å². The first kappa shape index (κ1) is 18.9. The van der Waals surface area contributed by atoms with Crippen molar-refractivity contribution in [2.45, 2.75) is 19.8 Å². The summed E-state index contributed by atoms with van der Waals surface area (Å²) in [6.45, 7) is 4.35. The minimum atomic E-state index is -0.159. The minimum Gasteiger partial charge on any atom is -0.495 e. The number of ether oxygens (including phenoxy) is 2. The molecule has 2 aromatic rings. The van der Waals surface area contributed by atoms with Crippen LogP contribution in [0.3, 0.4) is 0 Å². The third-order valence-corrected chi connectivity index (χ3v) is 4.07. The van der Waals surface area contributed by atoms with Crippen LogP contribution in [0.5, 0.6) is 11.5 Å². The van der Waals surface area contributed by atoms with E-state index in [2.05, 4.69) is 24.5 Å². The number of anilines is 2. The number of methoxy groups -OCH3 is 2. The Balaban J connectivity index is 2.00. The molecule has 134 valence electrons. The highest BCUT2D eigenvalue weighted by atomic mass is 35.5. The number of carbonyl (C=O) groups is 1.